The van der Waals surface area contributed by atoms with Crippen molar-refractivity contribution in [2.24, 2.45) is 0 Å². The second-order valence-corrected chi connectivity index (χ2v) is 4.24. The molecule has 1 unspecified atom stereocenters. The maximum atomic E-state index is 11.9. The van der Waals surface area contributed by atoms with Gasteiger partial charge in [-0.25, -0.2) is 0 Å². The summed E-state index contributed by atoms with van der Waals surface area (Å²) in [6, 6.07) is 6.98. The predicted molar refractivity (Wildman–Crippen MR) is 61.7 cm³/mol. The first-order chi connectivity index (χ1) is 8.16. The monoisotopic (exact) mass is 233 g/mol. The zero-order chi connectivity index (χ0) is 12.4. The second-order valence-electron chi connectivity index (χ2n) is 4.24. The Balaban J connectivity index is 2.42. The summed E-state index contributed by atoms with van der Waals surface area (Å²) in [7, 11) is 0. The lowest BCUT2D eigenvalue weighted by Crippen LogP contribution is -2.42. The van der Waals surface area contributed by atoms with E-state index in [-0.39, 0.29) is 5.06 Å². The molecule has 2 rings (SSSR count). The number of hydroxylamine groups is 2. The van der Waals surface area contributed by atoms with Gasteiger partial charge in [0.2, 0.25) is 0 Å². The maximum Gasteiger partial charge on any atom is 0.284 e. The molecule has 0 spiro atoms. The molecule has 90 valence electrons. The zero-order valence-corrected chi connectivity index (χ0v) is 9.72. The van der Waals surface area contributed by atoms with Crippen LogP contribution in [0.1, 0.15) is 48.0 Å². The second kappa shape index (κ2) is 4.67. The Labute approximate surface area is 99.8 Å². The van der Waals surface area contributed by atoms with E-state index in [1.165, 1.54) is 0 Å². The molecule has 1 atom stereocenters. The van der Waals surface area contributed by atoms with Crippen LogP contribution in [0.2, 0.25) is 0 Å². The van der Waals surface area contributed by atoms with Crippen molar-refractivity contribution in [1.82, 2.24) is 5.06 Å². The highest BCUT2D eigenvalue weighted by Crippen LogP contribution is 2.31. The summed E-state index contributed by atoms with van der Waals surface area (Å²) in [5.74, 6) is -1.53. The van der Waals surface area contributed by atoms with Crippen LogP contribution in [-0.4, -0.2) is 22.1 Å². The zero-order valence-electron chi connectivity index (χ0n) is 9.72. The highest BCUT2D eigenvalue weighted by molar-refractivity contribution is 6.10. The van der Waals surface area contributed by atoms with Crippen LogP contribution in [0.3, 0.4) is 0 Å². The molecule has 0 saturated heterocycles. The minimum atomic E-state index is -0.627. The van der Waals surface area contributed by atoms with Gasteiger partial charge in [-0.05, 0) is 18.1 Å². The molecule has 0 saturated carbocycles. The minimum absolute atomic E-state index is 0.253. The first kappa shape index (κ1) is 11.8. The number of unbranched alkanes of at least 4 members (excludes halogenated alkanes) is 1. The normalized spacial score (nSPS) is 19.4. The molecule has 4 heteroatoms. The van der Waals surface area contributed by atoms with Crippen LogP contribution in [0.4, 0.5) is 0 Å². The van der Waals surface area contributed by atoms with Gasteiger partial charge in [-0.2, -0.15) is 5.06 Å². The number of fused-ring (bicyclic) bond motifs is 1. The van der Waals surface area contributed by atoms with Crippen LogP contribution >= 0.6 is 0 Å². The van der Waals surface area contributed by atoms with E-state index in [4.69, 9.17) is 0 Å². The smallest absolute Gasteiger partial charge is 0.278 e. The molecular formula is C13H15NO3. The van der Waals surface area contributed by atoms with Gasteiger partial charge in [0.1, 0.15) is 0 Å². The Bertz CT molecular complexity index is 456. The molecule has 1 aromatic carbocycles. The lowest BCUT2D eigenvalue weighted by molar-refractivity contribution is -0.157. The molecule has 1 N–H and O–H groups in total. The van der Waals surface area contributed by atoms with Gasteiger partial charge < -0.3 is 0 Å². The molecule has 0 aliphatic carbocycles. The Kier molecular flexibility index (Phi) is 3.24. The lowest BCUT2D eigenvalue weighted by atomic mass is 9.86. The van der Waals surface area contributed by atoms with E-state index in [1.807, 2.05) is 13.0 Å². The van der Waals surface area contributed by atoms with Gasteiger partial charge in [0.15, 0.2) is 0 Å². The van der Waals surface area contributed by atoms with Crippen LogP contribution in [0.5, 0.6) is 0 Å². The standard InChI is InChI=1S/C13H15NO3/c1-2-3-6-10-9-7-4-5-8-11(9)13(16)14(17)12(10)15/h4-5,7-8,10,17H,2-3,6H2,1H3. The van der Waals surface area contributed by atoms with Gasteiger partial charge >= 0.3 is 0 Å². The topological polar surface area (TPSA) is 57.6 Å². The van der Waals surface area contributed by atoms with E-state index < -0.39 is 17.7 Å². The van der Waals surface area contributed by atoms with E-state index in [2.05, 4.69) is 0 Å². The average molecular weight is 233 g/mol. The number of nitrogens with zero attached hydrogens (tertiary/aromatic N) is 1. The van der Waals surface area contributed by atoms with E-state index >= 15 is 0 Å². The van der Waals surface area contributed by atoms with Crippen molar-refractivity contribution in [2.75, 3.05) is 0 Å². The van der Waals surface area contributed by atoms with Crippen LogP contribution in [0.15, 0.2) is 24.3 Å². The van der Waals surface area contributed by atoms with Gasteiger partial charge in [0.05, 0.1) is 5.92 Å². The number of rotatable bonds is 3. The molecular weight excluding hydrogens is 218 g/mol. The molecule has 0 aromatic heterocycles. The minimum Gasteiger partial charge on any atom is -0.278 e. The maximum absolute atomic E-state index is 11.9. The number of hydrogen-bond donors (Lipinski definition) is 1. The molecule has 1 aliphatic rings. The highest BCUT2D eigenvalue weighted by atomic mass is 16.5. The van der Waals surface area contributed by atoms with Crippen molar-refractivity contribution in [3.8, 4) is 0 Å². The van der Waals surface area contributed by atoms with Crippen molar-refractivity contribution in [3.05, 3.63) is 35.4 Å². The van der Waals surface area contributed by atoms with Gasteiger partial charge in [0, 0.05) is 5.56 Å². The Morgan fingerprint density at radius 3 is 2.71 bits per heavy atom. The van der Waals surface area contributed by atoms with Crippen LogP contribution in [0, 0.1) is 0 Å². The number of carbonyl (C=O) groups excluding carboxylic acids is 2. The summed E-state index contributed by atoms with van der Waals surface area (Å²) in [4.78, 5) is 23.6. The Hall–Kier alpha value is -1.68. The van der Waals surface area contributed by atoms with Gasteiger partial charge in [-0.3, -0.25) is 14.8 Å². The molecule has 17 heavy (non-hydrogen) atoms. The van der Waals surface area contributed by atoms with E-state index in [0.29, 0.717) is 12.0 Å². The van der Waals surface area contributed by atoms with Crippen LogP contribution in [0.25, 0.3) is 0 Å². The predicted octanol–water partition coefficient (Wildman–Crippen LogP) is 2.33. The number of benzene rings is 1. The van der Waals surface area contributed by atoms with Crippen LogP contribution < -0.4 is 0 Å². The summed E-state index contributed by atoms with van der Waals surface area (Å²) in [6.45, 7) is 2.04. The Morgan fingerprint density at radius 2 is 2.00 bits per heavy atom. The first-order valence-electron chi connectivity index (χ1n) is 5.83. The first-order valence-corrected chi connectivity index (χ1v) is 5.83. The Morgan fingerprint density at radius 1 is 1.29 bits per heavy atom. The number of hydrogen-bond acceptors (Lipinski definition) is 3. The number of carbonyl (C=O) groups is 2. The third-order valence-corrected chi connectivity index (χ3v) is 3.11. The SMILES string of the molecule is CCCCC1C(=O)N(O)C(=O)c2ccccc21. The van der Waals surface area contributed by atoms with Crippen molar-refractivity contribution in [3.63, 3.8) is 0 Å². The largest absolute Gasteiger partial charge is 0.284 e. The van der Waals surface area contributed by atoms with Crippen molar-refractivity contribution in [1.29, 1.82) is 0 Å². The fourth-order valence-electron chi connectivity index (χ4n) is 2.18. The van der Waals surface area contributed by atoms with Gasteiger partial charge in [-0.15, -0.1) is 0 Å². The summed E-state index contributed by atoms with van der Waals surface area (Å²) >= 11 is 0. The van der Waals surface area contributed by atoms with E-state index in [1.54, 1.807) is 18.2 Å². The highest BCUT2D eigenvalue weighted by Gasteiger charge is 2.37. The third kappa shape index (κ3) is 1.96. The summed E-state index contributed by atoms with van der Waals surface area (Å²) in [6.07, 6.45) is 2.54. The van der Waals surface area contributed by atoms with Crippen LogP contribution in [-0.2, 0) is 4.79 Å². The van der Waals surface area contributed by atoms with E-state index in [9.17, 15) is 14.8 Å². The third-order valence-electron chi connectivity index (χ3n) is 3.11. The molecule has 1 heterocycles. The molecule has 0 bridgehead atoms. The lowest BCUT2D eigenvalue weighted by Gasteiger charge is -2.28. The molecule has 2 amide bonds. The van der Waals surface area contributed by atoms with E-state index in [0.717, 1.165) is 18.4 Å². The fourth-order valence-corrected chi connectivity index (χ4v) is 2.18. The van der Waals surface area contributed by atoms with Gasteiger partial charge in [0.25, 0.3) is 11.8 Å². The number of amides is 2. The molecule has 4 nitrogen and oxygen atoms in total. The number of imide groups is 1. The van der Waals surface area contributed by atoms with Crippen molar-refractivity contribution in [2.45, 2.75) is 32.1 Å². The van der Waals surface area contributed by atoms with Crippen molar-refractivity contribution < 1.29 is 14.8 Å². The molecule has 0 fully saturated rings. The molecule has 0 radical (unpaired) electrons. The molecule has 1 aliphatic heterocycles. The molecule has 1 aromatic rings. The van der Waals surface area contributed by atoms with Gasteiger partial charge in [-0.1, -0.05) is 38.0 Å². The summed E-state index contributed by atoms with van der Waals surface area (Å²) < 4.78 is 0. The average Bonchev–Trinajstić information content (AvgIpc) is 2.36. The van der Waals surface area contributed by atoms with Crippen molar-refractivity contribution >= 4 is 11.8 Å². The summed E-state index contributed by atoms with van der Waals surface area (Å²) in [5, 5.41) is 9.75. The summed E-state index contributed by atoms with van der Waals surface area (Å²) in [5.41, 5.74) is 1.16. The quantitative estimate of drug-likeness (QED) is 0.644. The fraction of sp³-hybridized carbons (Fsp3) is 0.385.